The molecule has 5 rings (SSSR count). The van der Waals surface area contributed by atoms with E-state index in [1.165, 1.54) is 17.2 Å². The number of nitrogens with zero attached hydrogens (tertiary/aromatic N) is 3. The molecule has 2 N–H and O–H groups in total. The third kappa shape index (κ3) is 4.19. The number of piperidine rings is 2. The zero-order valence-corrected chi connectivity index (χ0v) is 19.0. The highest BCUT2D eigenvalue weighted by atomic mass is 35.5. The van der Waals surface area contributed by atoms with E-state index in [9.17, 15) is 0 Å². The van der Waals surface area contributed by atoms with Gasteiger partial charge >= 0.3 is 0 Å². The number of likely N-dealkylation sites (tertiary alicyclic amines) is 1. The van der Waals surface area contributed by atoms with Crippen molar-refractivity contribution in [3.05, 3.63) is 59.1 Å². The molecule has 1 spiro atoms. The fourth-order valence-corrected chi connectivity index (χ4v) is 5.51. The Morgan fingerprint density at radius 2 is 1.84 bits per heavy atom. The Morgan fingerprint density at radius 3 is 2.61 bits per heavy atom. The van der Waals surface area contributed by atoms with Crippen molar-refractivity contribution in [1.82, 2.24) is 10.2 Å². The zero-order valence-electron chi connectivity index (χ0n) is 18.3. The van der Waals surface area contributed by atoms with Gasteiger partial charge in [0.25, 0.3) is 0 Å². The minimum absolute atomic E-state index is 0.123. The van der Waals surface area contributed by atoms with Crippen molar-refractivity contribution in [2.45, 2.75) is 43.8 Å². The Labute approximate surface area is 190 Å². The zero-order chi connectivity index (χ0) is 21.3. The van der Waals surface area contributed by atoms with E-state index >= 15 is 0 Å². The Hall–Kier alpha value is -2.08. The Kier molecular flexibility index (Phi) is 5.91. The molecule has 3 heterocycles. The lowest BCUT2D eigenvalue weighted by Gasteiger charge is -2.52. The average molecular weight is 438 g/mol. The summed E-state index contributed by atoms with van der Waals surface area (Å²) in [6, 6.07) is 17.3. The van der Waals surface area contributed by atoms with Crippen molar-refractivity contribution in [2.75, 3.05) is 43.4 Å². The van der Waals surface area contributed by atoms with E-state index in [-0.39, 0.29) is 5.54 Å². The summed E-state index contributed by atoms with van der Waals surface area (Å²) in [7, 11) is 2.23. The number of rotatable bonds is 3. The molecule has 0 radical (unpaired) electrons. The molecule has 0 amide bonds. The van der Waals surface area contributed by atoms with Crippen LogP contribution in [0.25, 0.3) is 0 Å². The SMILES string of the molecule is CN1CCC(N2C(=NCc3cccc(Cl)c3)C3(CCNCC3)Nc3ccccc32)CC1. The minimum Gasteiger partial charge on any atom is -0.371 e. The van der Waals surface area contributed by atoms with E-state index < -0.39 is 0 Å². The lowest BCUT2D eigenvalue weighted by Crippen LogP contribution is -2.64. The number of para-hydroxylation sites is 2. The van der Waals surface area contributed by atoms with E-state index in [1.807, 2.05) is 18.2 Å². The fourth-order valence-electron chi connectivity index (χ4n) is 5.30. The molecule has 31 heavy (non-hydrogen) atoms. The molecule has 2 aromatic carbocycles. The molecule has 0 bridgehead atoms. The summed E-state index contributed by atoms with van der Waals surface area (Å²) < 4.78 is 0. The molecular formula is C25H32ClN5. The third-order valence-electron chi connectivity index (χ3n) is 7.00. The van der Waals surface area contributed by atoms with Gasteiger partial charge in [-0.3, -0.25) is 4.99 Å². The van der Waals surface area contributed by atoms with Crippen LogP contribution >= 0.6 is 11.6 Å². The van der Waals surface area contributed by atoms with E-state index in [0.29, 0.717) is 12.6 Å². The number of nitrogens with one attached hydrogen (secondary N) is 2. The second kappa shape index (κ2) is 8.81. The molecule has 2 saturated heterocycles. The minimum atomic E-state index is -0.123. The molecule has 0 saturated carbocycles. The quantitative estimate of drug-likeness (QED) is 0.747. The molecule has 6 heteroatoms. The molecule has 2 aromatic rings. The first-order valence-electron chi connectivity index (χ1n) is 11.5. The van der Waals surface area contributed by atoms with Crippen molar-refractivity contribution in [2.24, 2.45) is 4.99 Å². The van der Waals surface area contributed by atoms with Crippen LogP contribution in [0.15, 0.2) is 53.5 Å². The highest BCUT2D eigenvalue weighted by molar-refractivity contribution is 6.30. The smallest absolute Gasteiger partial charge is 0.130 e. The van der Waals surface area contributed by atoms with Crippen LogP contribution in [0.4, 0.5) is 11.4 Å². The van der Waals surface area contributed by atoms with Gasteiger partial charge in [-0.2, -0.15) is 0 Å². The predicted molar refractivity (Wildman–Crippen MR) is 130 cm³/mol. The van der Waals surface area contributed by atoms with Crippen LogP contribution in [0, 0.1) is 0 Å². The first-order chi connectivity index (χ1) is 15.1. The van der Waals surface area contributed by atoms with Crippen LogP contribution < -0.4 is 15.5 Å². The van der Waals surface area contributed by atoms with Crippen molar-refractivity contribution in [3.8, 4) is 0 Å². The van der Waals surface area contributed by atoms with Crippen LogP contribution in [-0.4, -0.2) is 55.5 Å². The molecule has 2 fully saturated rings. The monoisotopic (exact) mass is 437 g/mol. The van der Waals surface area contributed by atoms with Crippen molar-refractivity contribution >= 4 is 28.8 Å². The van der Waals surface area contributed by atoms with Gasteiger partial charge in [0.2, 0.25) is 0 Å². The molecule has 0 unspecified atom stereocenters. The largest absolute Gasteiger partial charge is 0.371 e. The van der Waals surface area contributed by atoms with Gasteiger partial charge in [-0.15, -0.1) is 0 Å². The first-order valence-corrected chi connectivity index (χ1v) is 11.9. The lowest BCUT2D eigenvalue weighted by molar-refractivity contribution is 0.254. The van der Waals surface area contributed by atoms with Gasteiger partial charge in [0.15, 0.2) is 0 Å². The van der Waals surface area contributed by atoms with Gasteiger partial charge in [-0.1, -0.05) is 35.9 Å². The molecule has 5 nitrogen and oxygen atoms in total. The predicted octanol–water partition coefficient (Wildman–Crippen LogP) is 4.39. The van der Waals surface area contributed by atoms with Crippen LogP contribution in [0.2, 0.25) is 5.02 Å². The number of anilines is 2. The summed E-state index contributed by atoms with van der Waals surface area (Å²) in [5.74, 6) is 1.21. The molecular weight excluding hydrogens is 406 g/mol. The van der Waals surface area contributed by atoms with Gasteiger partial charge in [0.05, 0.1) is 23.5 Å². The Bertz CT molecular complexity index is 944. The highest BCUT2D eigenvalue weighted by Gasteiger charge is 2.46. The number of benzene rings is 2. The molecule has 3 aliphatic heterocycles. The summed E-state index contributed by atoms with van der Waals surface area (Å²) >= 11 is 6.26. The van der Waals surface area contributed by atoms with Crippen molar-refractivity contribution in [1.29, 1.82) is 0 Å². The second-order valence-electron chi connectivity index (χ2n) is 9.15. The Balaban J connectivity index is 1.58. The maximum absolute atomic E-state index is 6.26. The van der Waals surface area contributed by atoms with E-state index in [0.717, 1.165) is 62.4 Å². The number of hydrogen-bond acceptors (Lipinski definition) is 4. The van der Waals surface area contributed by atoms with E-state index in [2.05, 4.69) is 57.8 Å². The maximum Gasteiger partial charge on any atom is 0.130 e. The average Bonchev–Trinajstić information content (AvgIpc) is 2.79. The number of halogens is 1. The van der Waals surface area contributed by atoms with Crippen LogP contribution in [0.3, 0.4) is 0 Å². The molecule has 0 aromatic heterocycles. The molecule has 0 atom stereocenters. The third-order valence-corrected chi connectivity index (χ3v) is 7.24. The number of aliphatic imine (C=N–C) groups is 1. The van der Waals surface area contributed by atoms with Crippen LogP contribution in [0.1, 0.15) is 31.2 Å². The number of amidine groups is 1. The summed E-state index contributed by atoms with van der Waals surface area (Å²) in [6.07, 6.45) is 4.41. The van der Waals surface area contributed by atoms with Crippen molar-refractivity contribution in [3.63, 3.8) is 0 Å². The number of fused-ring (bicyclic) bond motifs is 1. The molecule has 3 aliphatic rings. The standard InChI is InChI=1S/C25H32ClN5/c1-30-15-9-21(10-16-30)31-23-8-3-2-7-22(23)29-25(11-13-27-14-12-25)24(31)28-18-19-5-4-6-20(26)17-19/h2-8,17,21,27,29H,9-16,18H2,1H3. The first kappa shape index (κ1) is 20.8. The highest BCUT2D eigenvalue weighted by Crippen LogP contribution is 2.42. The fraction of sp³-hybridized carbons (Fsp3) is 0.480. The summed E-state index contributed by atoms with van der Waals surface area (Å²) in [5, 5.41) is 8.26. The second-order valence-corrected chi connectivity index (χ2v) is 9.58. The number of hydrogen-bond donors (Lipinski definition) is 2. The summed E-state index contributed by atoms with van der Waals surface area (Å²) in [4.78, 5) is 10.4. The summed E-state index contributed by atoms with van der Waals surface area (Å²) in [5.41, 5.74) is 3.55. The van der Waals surface area contributed by atoms with Gasteiger partial charge in [-0.25, -0.2) is 0 Å². The topological polar surface area (TPSA) is 42.9 Å². The molecule has 0 aliphatic carbocycles. The van der Waals surface area contributed by atoms with Gasteiger partial charge < -0.3 is 20.4 Å². The van der Waals surface area contributed by atoms with Crippen molar-refractivity contribution < 1.29 is 0 Å². The van der Waals surface area contributed by atoms with E-state index in [1.54, 1.807) is 0 Å². The van der Waals surface area contributed by atoms with Gasteiger partial charge in [0.1, 0.15) is 5.84 Å². The lowest BCUT2D eigenvalue weighted by atomic mass is 9.82. The Morgan fingerprint density at radius 1 is 1.06 bits per heavy atom. The molecule has 164 valence electrons. The van der Waals surface area contributed by atoms with E-state index in [4.69, 9.17) is 16.6 Å². The van der Waals surface area contributed by atoms with Crippen LogP contribution in [-0.2, 0) is 6.54 Å². The van der Waals surface area contributed by atoms with Gasteiger partial charge in [-0.05, 0) is 88.7 Å². The normalized spacial score (nSPS) is 23.0. The maximum atomic E-state index is 6.26. The summed E-state index contributed by atoms with van der Waals surface area (Å²) in [6.45, 7) is 4.93. The van der Waals surface area contributed by atoms with Crippen LogP contribution in [0.5, 0.6) is 0 Å². The van der Waals surface area contributed by atoms with Gasteiger partial charge in [0, 0.05) is 11.1 Å².